The van der Waals surface area contributed by atoms with Gasteiger partial charge < -0.3 is 10.2 Å². The Hall–Kier alpha value is -1.89. The summed E-state index contributed by atoms with van der Waals surface area (Å²) in [5.41, 5.74) is 1.73. The van der Waals surface area contributed by atoms with Gasteiger partial charge in [-0.25, -0.2) is 8.42 Å². The first-order valence-electron chi connectivity index (χ1n) is 9.46. The van der Waals surface area contributed by atoms with E-state index >= 15 is 0 Å². The quantitative estimate of drug-likeness (QED) is 0.781. The lowest BCUT2D eigenvalue weighted by atomic mass is 9.96. The zero-order valence-electron chi connectivity index (χ0n) is 16.4. The van der Waals surface area contributed by atoms with E-state index in [1.54, 1.807) is 7.05 Å². The number of anilines is 1. The van der Waals surface area contributed by atoms with Crippen LogP contribution in [0.3, 0.4) is 0 Å². The van der Waals surface area contributed by atoms with Gasteiger partial charge in [-0.2, -0.15) is 0 Å². The predicted molar refractivity (Wildman–Crippen MR) is 105 cm³/mol. The maximum absolute atomic E-state index is 13.0. The van der Waals surface area contributed by atoms with Crippen molar-refractivity contribution in [3.8, 4) is 0 Å². The molecule has 1 saturated heterocycles. The van der Waals surface area contributed by atoms with Crippen molar-refractivity contribution in [3.05, 3.63) is 29.3 Å². The highest BCUT2D eigenvalue weighted by molar-refractivity contribution is 7.91. The van der Waals surface area contributed by atoms with Crippen molar-refractivity contribution in [3.63, 3.8) is 0 Å². The zero-order chi connectivity index (χ0) is 20.0. The Bertz CT molecular complexity index is 872. The Labute approximate surface area is 161 Å². The first-order chi connectivity index (χ1) is 12.6. The Kier molecular flexibility index (Phi) is 5.10. The van der Waals surface area contributed by atoms with Crippen LogP contribution in [0.15, 0.2) is 18.2 Å². The molecule has 2 fully saturated rings. The van der Waals surface area contributed by atoms with Crippen molar-refractivity contribution in [2.45, 2.75) is 52.0 Å². The van der Waals surface area contributed by atoms with Gasteiger partial charge in [-0.1, -0.05) is 32.0 Å². The topological polar surface area (TPSA) is 83.6 Å². The molecule has 6 nitrogen and oxygen atoms in total. The summed E-state index contributed by atoms with van der Waals surface area (Å²) in [7, 11) is -1.46. The SMILES string of the molecule is Cc1cccc(C(C)C)c1NC(=O)C1(C(=O)N(C)C2CCS(=O)(=O)C2)CC1. The lowest BCUT2D eigenvalue weighted by Crippen LogP contribution is -2.46. The lowest BCUT2D eigenvalue weighted by molar-refractivity contribution is -0.142. The fourth-order valence-corrected chi connectivity index (χ4v) is 5.60. The molecule has 2 aliphatic rings. The third-order valence-electron chi connectivity index (χ3n) is 5.84. The molecule has 148 valence electrons. The minimum absolute atomic E-state index is 0.0117. The summed E-state index contributed by atoms with van der Waals surface area (Å²) in [6.07, 6.45) is 1.45. The van der Waals surface area contributed by atoms with Gasteiger partial charge in [0.15, 0.2) is 9.84 Å². The highest BCUT2D eigenvalue weighted by Crippen LogP contribution is 2.49. The Morgan fingerprint density at radius 2 is 1.93 bits per heavy atom. The van der Waals surface area contributed by atoms with Gasteiger partial charge in [0.2, 0.25) is 11.8 Å². The first kappa shape index (κ1) is 19.9. The molecule has 3 rings (SSSR count). The van der Waals surface area contributed by atoms with E-state index in [-0.39, 0.29) is 35.3 Å². The number of sulfone groups is 1. The fourth-order valence-electron chi connectivity index (χ4n) is 3.82. The minimum atomic E-state index is -3.08. The summed E-state index contributed by atoms with van der Waals surface area (Å²) in [6.45, 7) is 6.08. The van der Waals surface area contributed by atoms with Crippen molar-refractivity contribution in [1.82, 2.24) is 4.90 Å². The molecule has 1 atom stereocenters. The summed E-state index contributed by atoms with van der Waals surface area (Å²) >= 11 is 0. The van der Waals surface area contributed by atoms with E-state index in [0.717, 1.165) is 16.8 Å². The van der Waals surface area contributed by atoms with Crippen LogP contribution in [0.2, 0.25) is 0 Å². The van der Waals surface area contributed by atoms with Gasteiger partial charge in [0.25, 0.3) is 0 Å². The maximum atomic E-state index is 13.0. The summed E-state index contributed by atoms with van der Waals surface area (Å²) < 4.78 is 23.5. The molecule has 27 heavy (non-hydrogen) atoms. The van der Waals surface area contributed by atoms with Crippen LogP contribution in [0.4, 0.5) is 5.69 Å². The predicted octanol–water partition coefficient (Wildman–Crippen LogP) is 2.48. The van der Waals surface area contributed by atoms with Gasteiger partial charge >= 0.3 is 0 Å². The van der Waals surface area contributed by atoms with Gasteiger partial charge in [0.1, 0.15) is 5.41 Å². The molecule has 1 unspecified atom stereocenters. The molecule has 2 amide bonds. The second-order valence-electron chi connectivity index (χ2n) is 8.20. The maximum Gasteiger partial charge on any atom is 0.240 e. The molecule has 1 saturated carbocycles. The van der Waals surface area contributed by atoms with Crippen molar-refractivity contribution < 1.29 is 18.0 Å². The molecular formula is C20H28N2O4S. The molecule has 1 aliphatic carbocycles. The molecule has 7 heteroatoms. The van der Waals surface area contributed by atoms with E-state index in [2.05, 4.69) is 19.2 Å². The number of rotatable bonds is 5. The molecule has 1 N–H and O–H groups in total. The number of nitrogens with one attached hydrogen (secondary N) is 1. The number of hydrogen-bond acceptors (Lipinski definition) is 4. The van der Waals surface area contributed by atoms with Crippen LogP contribution in [-0.4, -0.2) is 49.7 Å². The van der Waals surface area contributed by atoms with Crippen molar-refractivity contribution in [2.75, 3.05) is 23.9 Å². The number of aryl methyl sites for hydroxylation is 1. The van der Waals surface area contributed by atoms with E-state index in [1.807, 2.05) is 25.1 Å². The molecule has 1 aliphatic heterocycles. The molecule has 0 bridgehead atoms. The van der Waals surface area contributed by atoms with Crippen molar-refractivity contribution >= 4 is 27.3 Å². The van der Waals surface area contributed by atoms with E-state index in [1.165, 1.54) is 4.90 Å². The Morgan fingerprint density at radius 3 is 2.44 bits per heavy atom. The highest BCUT2D eigenvalue weighted by atomic mass is 32.2. The van der Waals surface area contributed by atoms with Gasteiger partial charge in [0.05, 0.1) is 11.5 Å². The van der Waals surface area contributed by atoms with E-state index in [4.69, 9.17) is 0 Å². The summed E-state index contributed by atoms with van der Waals surface area (Å²) in [4.78, 5) is 27.6. The van der Waals surface area contributed by atoms with Gasteiger partial charge in [-0.15, -0.1) is 0 Å². The van der Waals surface area contributed by atoms with Crippen LogP contribution in [0, 0.1) is 12.3 Å². The second-order valence-corrected chi connectivity index (χ2v) is 10.4. The zero-order valence-corrected chi connectivity index (χ0v) is 17.2. The third kappa shape index (κ3) is 3.74. The molecule has 0 radical (unpaired) electrons. The summed E-state index contributed by atoms with van der Waals surface area (Å²) in [6, 6.07) is 5.56. The van der Waals surface area contributed by atoms with Crippen LogP contribution in [-0.2, 0) is 19.4 Å². The number of carbonyl (C=O) groups excluding carboxylic acids is 2. The number of benzene rings is 1. The molecule has 0 aromatic heterocycles. The molecule has 1 aromatic rings. The van der Waals surface area contributed by atoms with Crippen molar-refractivity contribution in [1.29, 1.82) is 0 Å². The molecular weight excluding hydrogens is 364 g/mol. The van der Waals surface area contributed by atoms with Crippen molar-refractivity contribution in [2.24, 2.45) is 5.41 Å². The number of carbonyl (C=O) groups is 2. The van der Waals surface area contributed by atoms with Crippen LogP contribution in [0.25, 0.3) is 0 Å². The standard InChI is InChI=1S/C20H28N2O4S/c1-13(2)16-7-5-6-14(3)17(16)21-18(23)20(9-10-20)19(24)22(4)15-8-11-27(25,26)12-15/h5-7,13,15H,8-12H2,1-4H3,(H,21,23). The van der Waals surface area contributed by atoms with E-state index in [9.17, 15) is 18.0 Å². The van der Waals surface area contributed by atoms with Gasteiger partial charge in [-0.05, 0) is 43.2 Å². The second kappa shape index (κ2) is 6.93. The largest absolute Gasteiger partial charge is 0.341 e. The molecule has 1 aromatic carbocycles. The number of amides is 2. The summed E-state index contributed by atoms with van der Waals surface area (Å²) in [5.74, 6) is -0.201. The van der Waals surface area contributed by atoms with E-state index in [0.29, 0.717) is 19.3 Å². The van der Waals surface area contributed by atoms with Crippen LogP contribution < -0.4 is 5.32 Å². The molecule has 1 heterocycles. The number of nitrogens with zero attached hydrogens (tertiary/aromatic N) is 1. The highest BCUT2D eigenvalue weighted by Gasteiger charge is 2.58. The number of hydrogen-bond donors (Lipinski definition) is 1. The average Bonchev–Trinajstić information content (AvgIpc) is 3.33. The minimum Gasteiger partial charge on any atom is -0.341 e. The monoisotopic (exact) mass is 392 g/mol. The third-order valence-corrected chi connectivity index (χ3v) is 7.59. The van der Waals surface area contributed by atoms with Gasteiger partial charge in [-0.3, -0.25) is 9.59 Å². The van der Waals surface area contributed by atoms with Gasteiger partial charge in [0, 0.05) is 18.8 Å². The molecule has 0 spiro atoms. The van der Waals surface area contributed by atoms with Crippen LogP contribution >= 0.6 is 0 Å². The average molecular weight is 393 g/mol. The smallest absolute Gasteiger partial charge is 0.240 e. The normalized spacial score (nSPS) is 22.5. The van der Waals surface area contributed by atoms with Crippen LogP contribution in [0.5, 0.6) is 0 Å². The first-order valence-corrected chi connectivity index (χ1v) is 11.3. The lowest BCUT2D eigenvalue weighted by Gasteiger charge is -2.28. The fraction of sp³-hybridized carbons (Fsp3) is 0.600. The summed E-state index contributed by atoms with van der Waals surface area (Å²) in [5, 5.41) is 3.00. The van der Waals surface area contributed by atoms with Crippen LogP contribution in [0.1, 0.15) is 50.2 Å². The Morgan fingerprint density at radius 1 is 1.26 bits per heavy atom. The van der Waals surface area contributed by atoms with E-state index < -0.39 is 15.3 Å². The number of para-hydroxylation sites is 1. The Balaban J connectivity index is 1.78.